The van der Waals surface area contributed by atoms with E-state index in [1.165, 1.54) is 25.3 Å². The summed E-state index contributed by atoms with van der Waals surface area (Å²) in [6, 6.07) is 0. The zero-order chi connectivity index (χ0) is 13.5. The number of carbonyl (C=O) groups excluding carboxylic acids is 2. The highest BCUT2D eigenvalue weighted by atomic mass is 16.7. The molecule has 0 spiro atoms. The Morgan fingerprint density at radius 2 is 1.58 bits per heavy atom. The highest BCUT2D eigenvalue weighted by Gasteiger charge is 2.23. The molecule has 0 aliphatic heterocycles. The van der Waals surface area contributed by atoms with E-state index >= 15 is 0 Å². The zero-order valence-electron chi connectivity index (χ0n) is 11.4. The number of hydrogen-bond donors (Lipinski definition) is 1. The van der Waals surface area contributed by atoms with Crippen LogP contribution in [0.3, 0.4) is 0 Å². The van der Waals surface area contributed by atoms with Crippen molar-refractivity contribution in [2.24, 2.45) is 11.8 Å². The van der Waals surface area contributed by atoms with Gasteiger partial charge in [0, 0.05) is 6.08 Å². The van der Waals surface area contributed by atoms with Crippen molar-refractivity contribution in [3.05, 3.63) is 12.2 Å². The van der Waals surface area contributed by atoms with Gasteiger partial charge in [0.05, 0.1) is 5.92 Å². The molecule has 4 nitrogen and oxygen atoms in total. The van der Waals surface area contributed by atoms with E-state index in [0.29, 0.717) is 5.92 Å². The van der Waals surface area contributed by atoms with Crippen LogP contribution in [0.5, 0.6) is 0 Å². The van der Waals surface area contributed by atoms with E-state index in [1.54, 1.807) is 0 Å². The molecular weight excluding hydrogens is 242 g/mol. The lowest BCUT2D eigenvalue weighted by molar-refractivity contribution is -0.161. The van der Waals surface area contributed by atoms with E-state index in [9.17, 15) is 9.59 Å². The lowest BCUT2D eigenvalue weighted by Gasteiger charge is -2.19. The number of allylic oxidation sites excluding steroid dienone is 1. The molecule has 0 aromatic carbocycles. The second-order valence-corrected chi connectivity index (χ2v) is 5.63. The van der Waals surface area contributed by atoms with Gasteiger partial charge in [-0.2, -0.15) is 5.48 Å². The molecule has 0 bridgehead atoms. The molecule has 2 aliphatic carbocycles. The first kappa shape index (κ1) is 14.1. The Labute approximate surface area is 114 Å². The highest BCUT2D eigenvalue weighted by Crippen LogP contribution is 2.25. The van der Waals surface area contributed by atoms with Gasteiger partial charge in [-0.25, -0.2) is 4.79 Å². The maximum Gasteiger partial charge on any atom is 0.335 e. The molecule has 1 N–H and O–H groups in total. The molecule has 0 saturated heterocycles. The monoisotopic (exact) mass is 265 g/mol. The van der Waals surface area contributed by atoms with E-state index in [1.807, 2.05) is 6.08 Å². The van der Waals surface area contributed by atoms with Crippen molar-refractivity contribution in [1.29, 1.82) is 0 Å². The Bertz CT molecular complexity index is 339. The van der Waals surface area contributed by atoms with Crippen molar-refractivity contribution in [1.82, 2.24) is 5.48 Å². The number of amides is 1. The third-order valence-electron chi connectivity index (χ3n) is 4.11. The van der Waals surface area contributed by atoms with E-state index in [0.717, 1.165) is 38.5 Å². The van der Waals surface area contributed by atoms with E-state index < -0.39 is 0 Å². The fourth-order valence-electron chi connectivity index (χ4n) is 2.93. The third-order valence-corrected chi connectivity index (χ3v) is 4.11. The zero-order valence-corrected chi connectivity index (χ0v) is 11.4. The first-order valence-corrected chi connectivity index (χ1v) is 7.44. The maximum absolute atomic E-state index is 11.7. The van der Waals surface area contributed by atoms with Crippen LogP contribution in [-0.4, -0.2) is 11.9 Å². The van der Waals surface area contributed by atoms with Crippen molar-refractivity contribution in [2.75, 3.05) is 0 Å². The summed E-state index contributed by atoms with van der Waals surface area (Å²) in [4.78, 5) is 28.1. The molecule has 4 heteroatoms. The molecule has 0 aromatic rings. The van der Waals surface area contributed by atoms with Crippen LogP contribution < -0.4 is 5.48 Å². The Morgan fingerprint density at radius 3 is 2.26 bits per heavy atom. The summed E-state index contributed by atoms with van der Waals surface area (Å²) >= 11 is 0. The van der Waals surface area contributed by atoms with E-state index in [4.69, 9.17) is 4.84 Å². The number of nitrogens with one attached hydrogen (secondary N) is 1. The molecule has 2 rings (SSSR count). The number of rotatable bonds is 3. The molecule has 0 aromatic heterocycles. The van der Waals surface area contributed by atoms with Crippen molar-refractivity contribution in [3.8, 4) is 0 Å². The van der Waals surface area contributed by atoms with Crippen LogP contribution in [0.2, 0.25) is 0 Å². The second kappa shape index (κ2) is 7.31. The van der Waals surface area contributed by atoms with Crippen molar-refractivity contribution in [3.63, 3.8) is 0 Å². The smallest absolute Gasteiger partial charge is 0.335 e. The van der Waals surface area contributed by atoms with Gasteiger partial charge in [-0.05, 0) is 31.6 Å². The average molecular weight is 265 g/mol. The molecule has 0 heterocycles. The van der Waals surface area contributed by atoms with Gasteiger partial charge in [0.25, 0.3) is 5.91 Å². The second-order valence-electron chi connectivity index (χ2n) is 5.63. The molecule has 0 unspecified atom stereocenters. The lowest BCUT2D eigenvalue weighted by atomic mass is 9.89. The quantitative estimate of drug-likeness (QED) is 0.630. The Hall–Kier alpha value is -1.32. The summed E-state index contributed by atoms with van der Waals surface area (Å²) in [5, 5.41) is 0. The highest BCUT2D eigenvalue weighted by molar-refractivity contribution is 5.87. The average Bonchev–Trinajstić information content (AvgIpc) is 2.96. The number of hydroxylamine groups is 1. The maximum atomic E-state index is 11.7. The van der Waals surface area contributed by atoms with Crippen molar-refractivity contribution >= 4 is 11.9 Å². The SMILES string of the molecule is O=C(C=CC1CCCC1)NOC(=O)C1CCCCC1. The largest absolute Gasteiger partial charge is 0.340 e. The lowest BCUT2D eigenvalue weighted by Crippen LogP contribution is -2.30. The molecule has 2 fully saturated rings. The van der Waals surface area contributed by atoms with Gasteiger partial charge >= 0.3 is 5.97 Å². The van der Waals surface area contributed by atoms with Gasteiger partial charge in [0.1, 0.15) is 0 Å². The number of hydrogen-bond acceptors (Lipinski definition) is 3. The molecule has 1 amide bonds. The van der Waals surface area contributed by atoms with Crippen LogP contribution in [0.15, 0.2) is 12.2 Å². The fourth-order valence-corrected chi connectivity index (χ4v) is 2.93. The van der Waals surface area contributed by atoms with E-state index in [-0.39, 0.29) is 17.8 Å². The Balaban J connectivity index is 1.66. The van der Waals surface area contributed by atoms with Crippen molar-refractivity contribution in [2.45, 2.75) is 57.8 Å². The van der Waals surface area contributed by atoms with E-state index in [2.05, 4.69) is 5.48 Å². The van der Waals surface area contributed by atoms with Crippen LogP contribution >= 0.6 is 0 Å². The first-order chi connectivity index (χ1) is 9.25. The molecule has 0 atom stereocenters. The third kappa shape index (κ3) is 4.69. The van der Waals surface area contributed by atoms with Gasteiger partial charge in [-0.1, -0.05) is 38.2 Å². The predicted molar refractivity (Wildman–Crippen MR) is 71.9 cm³/mol. The minimum Gasteiger partial charge on any atom is -0.340 e. The summed E-state index contributed by atoms with van der Waals surface area (Å²) < 4.78 is 0. The van der Waals surface area contributed by atoms with Gasteiger partial charge in [0.15, 0.2) is 0 Å². The topological polar surface area (TPSA) is 55.4 Å². The van der Waals surface area contributed by atoms with Gasteiger partial charge < -0.3 is 4.84 Å². The summed E-state index contributed by atoms with van der Waals surface area (Å²) in [5.41, 5.74) is 2.23. The summed E-state index contributed by atoms with van der Waals surface area (Å²) in [7, 11) is 0. The van der Waals surface area contributed by atoms with Gasteiger partial charge in [0.2, 0.25) is 0 Å². The molecule has 19 heavy (non-hydrogen) atoms. The predicted octanol–water partition coefficient (Wildman–Crippen LogP) is 2.89. The summed E-state index contributed by atoms with van der Waals surface area (Å²) in [6.07, 6.45) is 13.3. The fraction of sp³-hybridized carbons (Fsp3) is 0.733. The minimum absolute atomic E-state index is 0.0344. The minimum atomic E-state index is -0.337. The molecule has 2 aliphatic rings. The standard InChI is InChI=1S/C15H23NO3/c17-14(11-10-12-6-4-5-7-12)16-19-15(18)13-8-2-1-3-9-13/h10-13H,1-9H2,(H,16,17). The molecular formula is C15H23NO3. The first-order valence-electron chi connectivity index (χ1n) is 7.44. The molecule has 0 radical (unpaired) electrons. The molecule has 2 saturated carbocycles. The van der Waals surface area contributed by atoms with Crippen LogP contribution in [0.4, 0.5) is 0 Å². The number of carbonyl (C=O) groups is 2. The normalized spacial score (nSPS) is 21.7. The van der Waals surface area contributed by atoms with Crippen LogP contribution in [0.25, 0.3) is 0 Å². The Morgan fingerprint density at radius 1 is 0.947 bits per heavy atom. The van der Waals surface area contributed by atoms with Gasteiger partial charge in [-0.15, -0.1) is 0 Å². The summed E-state index contributed by atoms with van der Waals surface area (Å²) in [6.45, 7) is 0. The van der Waals surface area contributed by atoms with Crippen molar-refractivity contribution < 1.29 is 14.4 Å². The van der Waals surface area contributed by atoms with Crippen LogP contribution in [0, 0.1) is 11.8 Å². The Kier molecular flexibility index (Phi) is 5.43. The summed E-state index contributed by atoms with van der Waals surface area (Å²) in [5.74, 6) is -0.147. The van der Waals surface area contributed by atoms with Crippen LogP contribution in [-0.2, 0) is 14.4 Å². The van der Waals surface area contributed by atoms with Crippen LogP contribution in [0.1, 0.15) is 57.8 Å². The van der Waals surface area contributed by atoms with Gasteiger partial charge in [-0.3, -0.25) is 4.79 Å². The molecule has 106 valence electrons.